The Hall–Kier alpha value is -2.88. The zero-order chi connectivity index (χ0) is 17.8. The van der Waals surface area contributed by atoms with Crippen molar-refractivity contribution in [1.82, 2.24) is 14.5 Å². The lowest BCUT2D eigenvalue weighted by molar-refractivity contribution is -0.133. The van der Waals surface area contributed by atoms with E-state index in [9.17, 15) is 4.79 Å². The van der Waals surface area contributed by atoms with Crippen LogP contribution in [0.3, 0.4) is 0 Å². The third kappa shape index (κ3) is 3.40. The summed E-state index contributed by atoms with van der Waals surface area (Å²) >= 11 is 0. The maximum Gasteiger partial charge on any atom is 0.234 e. The van der Waals surface area contributed by atoms with E-state index in [-0.39, 0.29) is 11.8 Å². The summed E-state index contributed by atoms with van der Waals surface area (Å²) in [6, 6.07) is 20.5. The molecule has 0 radical (unpaired) electrons. The molecule has 0 bridgehead atoms. The number of benzene rings is 2. The molecule has 4 rings (SSSR count). The van der Waals surface area contributed by atoms with Crippen molar-refractivity contribution in [2.45, 2.75) is 24.8 Å². The number of aromatic nitrogens is 2. The number of hydrogen-bond acceptors (Lipinski definition) is 2. The minimum absolute atomic E-state index is 0.187. The molecule has 1 aromatic heterocycles. The number of amides is 1. The second kappa shape index (κ2) is 7.56. The van der Waals surface area contributed by atoms with Gasteiger partial charge >= 0.3 is 0 Å². The van der Waals surface area contributed by atoms with E-state index in [0.29, 0.717) is 6.04 Å². The lowest BCUT2D eigenvalue weighted by atomic mass is 9.89. The standard InChI is InChI=1S/C22H23N3O/c26-22(24-14-7-12-20(16-24)25-15-13-23-17-25)21(18-8-3-1-4-9-18)19-10-5-2-6-11-19/h1-6,8-11,13,15,17,20-21H,7,12,14,16H2/t20-/m1/s1. The van der Waals surface area contributed by atoms with Crippen LogP contribution in [0.5, 0.6) is 0 Å². The third-order valence-electron chi connectivity index (χ3n) is 5.17. The van der Waals surface area contributed by atoms with Crippen molar-refractivity contribution < 1.29 is 4.79 Å². The van der Waals surface area contributed by atoms with Gasteiger partial charge in [0, 0.05) is 25.5 Å². The molecule has 4 heteroatoms. The number of rotatable bonds is 4. The molecule has 1 aliphatic heterocycles. The first kappa shape index (κ1) is 16.6. The van der Waals surface area contributed by atoms with Gasteiger partial charge in [0.15, 0.2) is 0 Å². The Kier molecular flexibility index (Phi) is 4.82. The van der Waals surface area contributed by atoms with E-state index < -0.39 is 0 Å². The van der Waals surface area contributed by atoms with Gasteiger partial charge in [-0.1, -0.05) is 60.7 Å². The van der Waals surface area contributed by atoms with Crippen LogP contribution in [0.15, 0.2) is 79.4 Å². The Balaban J connectivity index is 1.62. The molecule has 1 fully saturated rings. The molecule has 3 aromatic rings. The Morgan fingerprint density at radius 1 is 1.00 bits per heavy atom. The van der Waals surface area contributed by atoms with E-state index in [0.717, 1.165) is 37.1 Å². The Bertz CT molecular complexity index is 791. The van der Waals surface area contributed by atoms with Crippen LogP contribution in [0.4, 0.5) is 0 Å². The van der Waals surface area contributed by atoms with Crippen molar-refractivity contribution in [2.75, 3.05) is 13.1 Å². The van der Waals surface area contributed by atoms with Crippen molar-refractivity contribution in [3.63, 3.8) is 0 Å². The molecule has 0 N–H and O–H groups in total. The minimum atomic E-state index is -0.251. The second-order valence-electron chi connectivity index (χ2n) is 6.84. The van der Waals surface area contributed by atoms with E-state index in [2.05, 4.69) is 9.55 Å². The Morgan fingerprint density at radius 3 is 2.23 bits per heavy atom. The maximum atomic E-state index is 13.5. The SMILES string of the molecule is O=C(C(c1ccccc1)c1ccccc1)N1CCC[C@@H](n2ccnc2)C1. The number of piperidine rings is 1. The van der Waals surface area contributed by atoms with Crippen LogP contribution in [0, 0.1) is 0 Å². The lowest BCUT2D eigenvalue weighted by Gasteiger charge is -2.35. The van der Waals surface area contributed by atoms with Gasteiger partial charge in [-0.3, -0.25) is 4.79 Å². The topological polar surface area (TPSA) is 38.1 Å². The normalized spacial score (nSPS) is 17.4. The van der Waals surface area contributed by atoms with E-state index >= 15 is 0 Å². The smallest absolute Gasteiger partial charge is 0.234 e. The van der Waals surface area contributed by atoms with Gasteiger partial charge < -0.3 is 9.47 Å². The van der Waals surface area contributed by atoms with Crippen molar-refractivity contribution in [3.05, 3.63) is 90.5 Å². The van der Waals surface area contributed by atoms with Crippen molar-refractivity contribution in [1.29, 1.82) is 0 Å². The fourth-order valence-corrected chi connectivity index (χ4v) is 3.83. The molecule has 2 heterocycles. The summed E-state index contributed by atoms with van der Waals surface area (Å²) in [5, 5.41) is 0. The largest absolute Gasteiger partial charge is 0.340 e. The molecule has 0 aliphatic carbocycles. The number of nitrogens with zero attached hydrogens (tertiary/aromatic N) is 3. The molecule has 26 heavy (non-hydrogen) atoms. The predicted octanol–water partition coefficient (Wildman–Crippen LogP) is 3.88. The summed E-state index contributed by atoms with van der Waals surface area (Å²) in [6.07, 6.45) is 7.75. The molecule has 1 amide bonds. The molecular weight excluding hydrogens is 322 g/mol. The zero-order valence-corrected chi connectivity index (χ0v) is 14.7. The van der Waals surface area contributed by atoms with Gasteiger partial charge in [0.25, 0.3) is 0 Å². The predicted molar refractivity (Wildman–Crippen MR) is 102 cm³/mol. The minimum Gasteiger partial charge on any atom is -0.340 e. The van der Waals surface area contributed by atoms with Gasteiger partial charge in [-0.15, -0.1) is 0 Å². The highest BCUT2D eigenvalue weighted by Gasteiger charge is 2.31. The summed E-state index contributed by atoms with van der Waals surface area (Å²) in [4.78, 5) is 19.7. The maximum absolute atomic E-state index is 13.5. The fourth-order valence-electron chi connectivity index (χ4n) is 3.83. The van der Waals surface area contributed by atoms with E-state index in [1.165, 1.54) is 0 Å². The van der Waals surface area contributed by atoms with Crippen LogP contribution in [0.1, 0.15) is 35.9 Å². The third-order valence-corrected chi connectivity index (χ3v) is 5.17. The van der Waals surface area contributed by atoms with Crippen LogP contribution in [0.25, 0.3) is 0 Å². The molecular formula is C22H23N3O. The number of carbonyl (C=O) groups is 1. The molecule has 1 aliphatic rings. The molecule has 0 saturated carbocycles. The van der Waals surface area contributed by atoms with Gasteiger partial charge in [-0.25, -0.2) is 4.98 Å². The highest BCUT2D eigenvalue weighted by molar-refractivity contribution is 5.87. The molecule has 1 saturated heterocycles. The first-order chi connectivity index (χ1) is 12.8. The van der Waals surface area contributed by atoms with E-state index in [1.54, 1.807) is 6.20 Å². The Morgan fingerprint density at radius 2 is 1.65 bits per heavy atom. The summed E-state index contributed by atoms with van der Waals surface area (Å²) in [7, 11) is 0. The quantitative estimate of drug-likeness (QED) is 0.720. The monoisotopic (exact) mass is 345 g/mol. The van der Waals surface area contributed by atoms with Crippen molar-refractivity contribution in [2.24, 2.45) is 0 Å². The summed E-state index contributed by atoms with van der Waals surface area (Å²) in [6.45, 7) is 1.56. The fraction of sp³-hybridized carbons (Fsp3) is 0.273. The average molecular weight is 345 g/mol. The zero-order valence-electron chi connectivity index (χ0n) is 14.7. The van der Waals surface area contributed by atoms with Gasteiger partial charge in [0.05, 0.1) is 18.3 Å². The van der Waals surface area contributed by atoms with Crippen LogP contribution in [-0.4, -0.2) is 33.4 Å². The molecule has 4 nitrogen and oxygen atoms in total. The number of imidazole rings is 1. The number of hydrogen-bond donors (Lipinski definition) is 0. The van der Waals surface area contributed by atoms with Gasteiger partial charge in [0.1, 0.15) is 0 Å². The van der Waals surface area contributed by atoms with Crippen molar-refractivity contribution >= 4 is 5.91 Å². The van der Waals surface area contributed by atoms with Crippen LogP contribution >= 0.6 is 0 Å². The highest BCUT2D eigenvalue weighted by Crippen LogP contribution is 2.30. The second-order valence-corrected chi connectivity index (χ2v) is 6.84. The van der Waals surface area contributed by atoms with Gasteiger partial charge in [-0.2, -0.15) is 0 Å². The van der Waals surface area contributed by atoms with E-state index in [4.69, 9.17) is 0 Å². The summed E-state index contributed by atoms with van der Waals surface area (Å²) < 4.78 is 2.12. The molecule has 132 valence electrons. The number of likely N-dealkylation sites (tertiary alicyclic amines) is 1. The number of carbonyl (C=O) groups excluding carboxylic acids is 1. The molecule has 2 aromatic carbocycles. The van der Waals surface area contributed by atoms with E-state index in [1.807, 2.05) is 78.1 Å². The summed E-state index contributed by atoms with van der Waals surface area (Å²) in [5.41, 5.74) is 2.10. The summed E-state index contributed by atoms with van der Waals surface area (Å²) in [5.74, 6) is -0.0637. The van der Waals surface area contributed by atoms with Crippen LogP contribution in [0.2, 0.25) is 0 Å². The van der Waals surface area contributed by atoms with Crippen LogP contribution < -0.4 is 0 Å². The lowest BCUT2D eigenvalue weighted by Crippen LogP contribution is -2.43. The average Bonchev–Trinajstić information content (AvgIpc) is 3.25. The van der Waals surface area contributed by atoms with Crippen molar-refractivity contribution in [3.8, 4) is 0 Å². The molecule has 0 unspecified atom stereocenters. The van der Waals surface area contributed by atoms with Crippen LogP contribution in [-0.2, 0) is 4.79 Å². The molecule has 0 spiro atoms. The van der Waals surface area contributed by atoms with Gasteiger partial charge in [0.2, 0.25) is 5.91 Å². The van der Waals surface area contributed by atoms with Gasteiger partial charge in [-0.05, 0) is 24.0 Å². The Labute approximate surface area is 154 Å². The first-order valence-corrected chi connectivity index (χ1v) is 9.19. The highest BCUT2D eigenvalue weighted by atomic mass is 16.2. The molecule has 1 atom stereocenters. The first-order valence-electron chi connectivity index (χ1n) is 9.19.